The van der Waals surface area contributed by atoms with Gasteiger partial charge in [-0.2, -0.15) is 0 Å². The van der Waals surface area contributed by atoms with Crippen molar-refractivity contribution >= 4 is 13.4 Å². The number of rotatable bonds is 1. The number of benzene rings is 1. The van der Waals surface area contributed by atoms with Gasteiger partial charge in [-0.25, -0.2) is 0 Å². The summed E-state index contributed by atoms with van der Waals surface area (Å²) < 4.78 is 81.7. The van der Waals surface area contributed by atoms with Crippen LogP contribution in [0.3, 0.4) is 0 Å². The Kier molecular flexibility index (Phi) is 16.8. The van der Waals surface area contributed by atoms with E-state index in [0.29, 0.717) is 0 Å². The molecule has 3 nitrogen and oxygen atoms in total. The minimum absolute atomic E-state index is 0. The van der Waals surface area contributed by atoms with E-state index in [1.807, 2.05) is 6.07 Å². The molecule has 26 heavy (non-hydrogen) atoms. The van der Waals surface area contributed by atoms with Gasteiger partial charge in [0.2, 0.25) is 0 Å². The molecule has 0 aliphatic heterocycles. The first-order valence-corrected chi connectivity index (χ1v) is 7.87. The van der Waals surface area contributed by atoms with Crippen molar-refractivity contribution < 1.29 is 56.2 Å². The van der Waals surface area contributed by atoms with E-state index < -0.39 is 7.81 Å². The molecule has 0 N–H and O–H groups in total. The third-order valence-electron chi connectivity index (χ3n) is 2.03. The van der Waals surface area contributed by atoms with E-state index in [-0.39, 0.29) is 17.1 Å². The van der Waals surface area contributed by atoms with Gasteiger partial charge in [-0.3, -0.25) is 0 Å². The maximum absolute atomic E-state index is 10.7. The summed E-state index contributed by atoms with van der Waals surface area (Å²) in [5, 5.41) is 0. The molecule has 0 atom stereocenters. The molecule has 0 saturated carbocycles. The standard InChI is InChI=1S/C12H11.3CO.F6P.Fe/c1-3-7-11(8-4-1)12-9-5-2-6-10-12;3*1-2;1-7(2,3,4,5)6;/h1-9H,10H2;;;;;/q;;;;-1;. The van der Waals surface area contributed by atoms with Gasteiger partial charge in [0.1, 0.15) is 0 Å². The van der Waals surface area contributed by atoms with Crippen molar-refractivity contribution in [2.45, 2.75) is 6.42 Å². The van der Waals surface area contributed by atoms with Crippen molar-refractivity contribution in [3.8, 4) is 0 Å². The molecule has 0 spiro atoms. The first-order chi connectivity index (χ1) is 11.4. The predicted molar refractivity (Wildman–Crippen MR) is 77.8 cm³/mol. The maximum atomic E-state index is 9.87. The summed E-state index contributed by atoms with van der Waals surface area (Å²) in [5.41, 5.74) is 2.73. The van der Waals surface area contributed by atoms with Crippen molar-refractivity contribution in [2.75, 3.05) is 0 Å². The van der Waals surface area contributed by atoms with Crippen LogP contribution in [0.1, 0.15) is 12.0 Å². The van der Waals surface area contributed by atoms with Crippen LogP contribution in [0.2, 0.25) is 0 Å². The van der Waals surface area contributed by atoms with Crippen LogP contribution in [0.25, 0.3) is 5.57 Å². The molecule has 2 rings (SSSR count). The van der Waals surface area contributed by atoms with E-state index >= 15 is 0 Å². The minimum atomic E-state index is -10.7. The third-order valence-corrected chi connectivity index (χ3v) is 2.03. The van der Waals surface area contributed by atoms with E-state index in [0.717, 1.165) is 6.42 Å². The molecule has 145 valence electrons. The quantitative estimate of drug-likeness (QED) is 0.157. The molecule has 1 aromatic rings. The molecule has 1 aliphatic carbocycles. The summed E-state index contributed by atoms with van der Waals surface area (Å²) in [5.74, 6) is 0. The molecule has 0 heterocycles. The summed E-state index contributed by atoms with van der Waals surface area (Å²) in [6.45, 7) is 13.5. The molecule has 0 bridgehead atoms. The Morgan fingerprint density at radius 1 is 0.731 bits per heavy atom. The number of allylic oxidation sites excluding steroid dienone is 4. The second kappa shape index (κ2) is 13.6. The largest absolute Gasteiger partial charge is 0.0805 e. The fourth-order valence-electron chi connectivity index (χ4n) is 1.38. The van der Waals surface area contributed by atoms with Gasteiger partial charge in [0.05, 0.1) is 0 Å². The Labute approximate surface area is 157 Å². The van der Waals surface area contributed by atoms with Gasteiger partial charge < -0.3 is 0 Å². The fraction of sp³-hybridized carbons (Fsp3) is 0.0667. The second-order valence-corrected chi connectivity index (χ2v) is 5.76. The summed E-state index contributed by atoms with van der Waals surface area (Å²) in [6, 6.07) is 10.5. The monoisotopic (exact) mass is 440 g/mol. The van der Waals surface area contributed by atoms with E-state index in [1.54, 1.807) is 0 Å². The van der Waals surface area contributed by atoms with E-state index in [1.165, 1.54) is 11.1 Å². The summed E-state index contributed by atoms with van der Waals surface area (Å²) in [6.07, 6.45) is 9.59. The molecule has 1 radical (unpaired) electrons. The number of hydrogen-bond donors (Lipinski definition) is 0. The Morgan fingerprint density at radius 3 is 1.42 bits per heavy atom. The van der Waals surface area contributed by atoms with Crippen molar-refractivity contribution in [1.82, 2.24) is 0 Å². The zero-order valence-electron chi connectivity index (χ0n) is 12.7. The summed E-state index contributed by atoms with van der Waals surface area (Å²) >= 11 is 0. The van der Waals surface area contributed by atoms with Gasteiger partial charge in [0.15, 0.2) is 0 Å². The zero-order chi connectivity index (χ0) is 20.6. The number of halogens is 6. The van der Waals surface area contributed by atoms with Crippen LogP contribution in [0.4, 0.5) is 25.2 Å². The van der Waals surface area contributed by atoms with Gasteiger partial charge in [-0.15, -0.1) is 0 Å². The average molecular weight is 440 g/mol. The van der Waals surface area contributed by atoms with Crippen LogP contribution in [-0.2, 0) is 31.0 Å². The van der Waals surface area contributed by atoms with Gasteiger partial charge in [0.25, 0.3) is 0 Å². The van der Waals surface area contributed by atoms with Crippen LogP contribution < -0.4 is 0 Å². The van der Waals surface area contributed by atoms with Gasteiger partial charge in [0, 0.05) is 17.1 Å². The smallest absolute Gasteiger partial charge is 0 e. The van der Waals surface area contributed by atoms with Crippen molar-refractivity contribution in [3.63, 3.8) is 0 Å². The van der Waals surface area contributed by atoms with E-state index in [9.17, 15) is 25.2 Å². The Hall–Kier alpha value is -1.55. The average Bonchev–Trinajstić information content (AvgIpc) is 2.59. The van der Waals surface area contributed by atoms with Gasteiger partial charge in [-0.05, 0) is 24.0 Å². The van der Waals surface area contributed by atoms with Gasteiger partial charge in [-0.1, -0.05) is 48.6 Å². The Bertz CT molecular complexity index is 593. The van der Waals surface area contributed by atoms with Crippen LogP contribution in [0.5, 0.6) is 0 Å². The Balaban J connectivity index is -0.000000151. The fourth-order valence-corrected chi connectivity index (χ4v) is 1.38. The normalized spacial score (nSPS) is 13.8. The predicted octanol–water partition coefficient (Wildman–Crippen LogP) is 6.50. The molecular formula is C15H11F6FeO3P-. The molecule has 11 heteroatoms. The molecule has 0 aromatic heterocycles. The van der Waals surface area contributed by atoms with Crippen LogP contribution in [0.15, 0.2) is 48.6 Å². The minimum Gasteiger partial charge on any atom is -0.0805 e. The molecule has 0 fully saturated rings. The SMILES string of the molecule is F[P-](F)(F)(F)(F)F.[C-]#[O+].[C-]#[O+].[C-]#[O+].[CH]1C=CC=C(c2ccccc2)C1.[Fe]. The van der Waals surface area contributed by atoms with Crippen molar-refractivity contribution in [1.29, 1.82) is 0 Å². The maximum Gasteiger partial charge on any atom is 0 e. The van der Waals surface area contributed by atoms with Crippen molar-refractivity contribution in [2.24, 2.45) is 0 Å². The molecular weight excluding hydrogens is 429 g/mol. The number of hydrogen-bond acceptors (Lipinski definition) is 0. The van der Waals surface area contributed by atoms with Crippen LogP contribution in [0, 0.1) is 26.4 Å². The molecule has 0 saturated heterocycles. The zero-order valence-corrected chi connectivity index (χ0v) is 14.7. The molecule has 0 unspecified atom stereocenters. The topological polar surface area (TPSA) is 59.7 Å². The van der Waals surface area contributed by atoms with E-state index in [4.69, 9.17) is 14.0 Å². The molecule has 1 aliphatic rings. The van der Waals surface area contributed by atoms with Crippen molar-refractivity contribution in [3.05, 3.63) is 80.5 Å². The first-order valence-electron chi connectivity index (χ1n) is 5.84. The van der Waals surface area contributed by atoms with Crippen LogP contribution >= 0.6 is 7.81 Å². The summed E-state index contributed by atoms with van der Waals surface area (Å²) in [7, 11) is -10.7. The molecule has 0 amide bonds. The third kappa shape index (κ3) is 30.3. The second-order valence-electron chi connectivity index (χ2n) is 3.84. The van der Waals surface area contributed by atoms with E-state index in [2.05, 4.69) is 68.9 Å². The van der Waals surface area contributed by atoms with Gasteiger partial charge >= 0.3 is 66.9 Å². The Morgan fingerprint density at radius 2 is 1.12 bits per heavy atom. The molecule has 1 aromatic carbocycles. The summed E-state index contributed by atoms with van der Waals surface area (Å²) in [4.78, 5) is 0. The van der Waals surface area contributed by atoms with Crippen LogP contribution in [-0.4, -0.2) is 0 Å². The first kappa shape index (κ1) is 32.1.